The molecule has 0 saturated carbocycles. The van der Waals surface area contributed by atoms with E-state index >= 15 is 0 Å². The van der Waals surface area contributed by atoms with Gasteiger partial charge in [0.25, 0.3) is 0 Å². The van der Waals surface area contributed by atoms with Crippen molar-refractivity contribution < 1.29 is 14.3 Å². The standard InChI is InChI=1S/C11H9ClO3/c1-11(6-13)5-7-4-8(12)2-3-9(7)10(14)15-11/h2-4,6H,5H2,1H3. The average molecular weight is 225 g/mol. The van der Waals surface area contributed by atoms with E-state index in [1.807, 2.05) is 0 Å². The summed E-state index contributed by atoms with van der Waals surface area (Å²) in [7, 11) is 0. The smallest absolute Gasteiger partial charge is 0.339 e. The fourth-order valence-electron chi connectivity index (χ4n) is 1.65. The first-order chi connectivity index (χ1) is 7.04. The molecule has 0 aromatic heterocycles. The van der Waals surface area contributed by atoms with E-state index in [1.165, 1.54) is 0 Å². The van der Waals surface area contributed by atoms with E-state index in [9.17, 15) is 9.59 Å². The Kier molecular flexibility index (Phi) is 2.27. The molecule has 1 unspecified atom stereocenters. The fourth-order valence-corrected chi connectivity index (χ4v) is 1.85. The van der Waals surface area contributed by atoms with Crippen molar-refractivity contribution in [2.75, 3.05) is 0 Å². The maximum atomic E-state index is 11.5. The molecular weight excluding hydrogens is 216 g/mol. The van der Waals surface area contributed by atoms with E-state index in [-0.39, 0.29) is 0 Å². The monoisotopic (exact) mass is 224 g/mol. The summed E-state index contributed by atoms with van der Waals surface area (Å²) in [4.78, 5) is 22.4. The molecule has 1 aromatic carbocycles. The molecule has 2 rings (SSSR count). The zero-order valence-corrected chi connectivity index (χ0v) is 8.88. The third-order valence-electron chi connectivity index (χ3n) is 2.40. The van der Waals surface area contributed by atoms with Crippen molar-refractivity contribution in [3.63, 3.8) is 0 Å². The molecule has 0 spiro atoms. The van der Waals surface area contributed by atoms with Gasteiger partial charge in [0.05, 0.1) is 5.56 Å². The Labute approximate surface area is 92.0 Å². The van der Waals surface area contributed by atoms with E-state index in [0.29, 0.717) is 23.3 Å². The summed E-state index contributed by atoms with van der Waals surface area (Å²) >= 11 is 5.82. The van der Waals surface area contributed by atoms with Gasteiger partial charge in [-0.05, 0) is 30.7 Å². The number of halogens is 1. The molecule has 1 heterocycles. The maximum Gasteiger partial charge on any atom is 0.339 e. The van der Waals surface area contributed by atoms with Crippen LogP contribution in [-0.2, 0) is 16.0 Å². The summed E-state index contributed by atoms with van der Waals surface area (Å²) < 4.78 is 5.04. The van der Waals surface area contributed by atoms with Crippen LogP contribution in [-0.4, -0.2) is 17.9 Å². The molecule has 78 valence electrons. The molecule has 1 atom stereocenters. The number of hydrogen-bond donors (Lipinski definition) is 0. The molecule has 3 nitrogen and oxygen atoms in total. The predicted octanol–water partition coefficient (Wildman–Crippen LogP) is 2.01. The first kappa shape index (κ1) is 10.2. The van der Waals surface area contributed by atoms with Crippen LogP contribution in [0.3, 0.4) is 0 Å². The number of cyclic esters (lactones) is 1. The minimum atomic E-state index is -1.06. The summed E-state index contributed by atoms with van der Waals surface area (Å²) in [6, 6.07) is 4.94. The normalized spacial score (nSPS) is 24.3. The fraction of sp³-hybridized carbons (Fsp3) is 0.273. The lowest BCUT2D eigenvalue weighted by Gasteiger charge is -2.29. The van der Waals surface area contributed by atoms with Crippen molar-refractivity contribution in [2.45, 2.75) is 18.9 Å². The van der Waals surface area contributed by atoms with E-state index in [2.05, 4.69) is 0 Å². The van der Waals surface area contributed by atoms with Crippen molar-refractivity contribution in [2.24, 2.45) is 0 Å². The van der Waals surface area contributed by atoms with Crippen LogP contribution in [0.2, 0.25) is 5.02 Å². The van der Waals surface area contributed by atoms with Crippen molar-refractivity contribution in [3.8, 4) is 0 Å². The molecule has 0 N–H and O–H groups in total. The van der Waals surface area contributed by atoms with Gasteiger partial charge >= 0.3 is 5.97 Å². The molecule has 15 heavy (non-hydrogen) atoms. The number of fused-ring (bicyclic) bond motifs is 1. The molecule has 4 heteroatoms. The van der Waals surface area contributed by atoms with Crippen molar-refractivity contribution in [3.05, 3.63) is 34.3 Å². The van der Waals surface area contributed by atoms with Gasteiger partial charge in [-0.3, -0.25) is 4.79 Å². The molecule has 0 saturated heterocycles. The number of rotatable bonds is 1. The number of esters is 1. The average Bonchev–Trinajstić information content (AvgIpc) is 2.16. The highest BCUT2D eigenvalue weighted by molar-refractivity contribution is 6.30. The number of benzene rings is 1. The van der Waals surface area contributed by atoms with E-state index in [0.717, 1.165) is 5.56 Å². The zero-order valence-electron chi connectivity index (χ0n) is 8.12. The number of carbonyl (C=O) groups excluding carboxylic acids is 2. The van der Waals surface area contributed by atoms with Gasteiger partial charge in [0.15, 0.2) is 11.9 Å². The van der Waals surface area contributed by atoms with Crippen LogP contribution in [0, 0.1) is 0 Å². The highest BCUT2D eigenvalue weighted by Gasteiger charge is 2.35. The van der Waals surface area contributed by atoms with Gasteiger partial charge in [0, 0.05) is 11.4 Å². The first-order valence-electron chi connectivity index (χ1n) is 4.52. The number of aldehydes is 1. The molecule has 0 fully saturated rings. The minimum Gasteiger partial charge on any atom is -0.448 e. The van der Waals surface area contributed by atoms with Crippen LogP contribution in [0.25, 0.3) is 0 Å². The van der Waals surface area contributed by atoms with Crippen molar-refractivity contribution in [1.82, 2.24) is 0 Å². The topological polar surface area (TPSA) is 43.4 Å². The van der Waals surface area contributed by atoms with Gasteiger partial charge < -0.3 is 4.74 Å². The van der Waals surface area contributed by atoms with E-state index in [4.69, 9.17) is 16.3 Å². The highest BCUT2D eigenvalue weighted by atomic mass is 35.5. The van der Waals surface area contributed by atoms with Crippen LogP contribution in [0.15, 0.2) is 18.2 Å². The Hall–Kier alpha value is -1.35. The number of ether oxygens (including phenoxy) is 1. The highest BCUT2D eigenvalue weighted by Crippen LogP contribution is 2.28. The van der Waals surface area contributed by atoms with Gasteiger partial charge in [0.1, 0.15) is 0 Å². The van der Waals surface area contributed by atoms with Gasteiger partial charge in [-0.15, -0.1) is 0 Å². The zero-order chi connectivity index (χ0) is 11.1. The molecule has 0 amide bonds. The lowest BCUT2D eigenvalue weighted by Crippen LogP contribution is -2.40. The third kappa shape index (κ3) is 1.75. The van der Waals surface area contributed by atoms with Gasteiger partial charge in [-0.25, -0.2) is 4.79 Å². The molecule has 1 aromatic rings. The lowest BCUT2D eigenvalue weighted by molar-refractivity contribution is -0.124. The molecule has 1 aliphatic heterocycles. The van der Waals surface area contributed by atoms with Crippen molar-refractivity contribution in [1.29, 1.82) is 0 Å². The minimum absolute atomic E-state index is 0.373. The second-order valence-corrected chi connectivity index (χ2v) is 4.23. The predicted molar refractivity (Wildman–Crippen MR) is 55.0 cm³/mol. The second kappa shape index (κ2) is 3.35. The third-order valence-corrected chi connectivity index (χ3v) is 2.64. The Morgan fingerprint density at radius 2 is 2.27 bits per heavy atom. The molecule has 0 radical (unpaired) electrons. The molecular formula is C11H9ClO3. The van der Waals surface area contributed by atoms with Crippen LogP contribution in [0.4, 0.5) is 0 Å². The Bertz CT molecular complexity index is 441. The van der Waals surface area contributed by atoms with E-state index in [1.54, 1.807) is 25.1 Å². The van der Waals surface area contributed by atoms with Gasteiger partial charge in [-0.1, -0.05) is 11.6 Å². The second-order valence-electron chi connectivity index (χ2n) is 3.80. The largest absolute Gasteiger partial charge is 0.448 e. The Morgan fingerprint density at radius 3 is 2.93 bits per heavy atom. The Balaban J connectivity index is 2.50. The maximum absolute atomic E-state index is 11.5. The van der Waals surface area contributed by atoms with Crippen LogP contribution >= 0.6 is 11.6 Å². The molecule has 0 aliphatic carbocycles. The SMILES string of the molecule is CC1(C=O)Cc2cc(Cl)ccc2C(=O)O1. The number of hydrogen-bond acceptors (Lipinski definition) is 3. The van der Waals surface area contributed by atoms with Gasteiger partial charge in [0.2, 0.25) is 0 Å². The summed E-state index contributed by atoms with van der Waals surface area (Å²) in [5, 5.41) is 0.552. The first-order valence-corrected chi connectivity index (χ1v) is 4.90. The van der Waals surface area contributed by atoms with Gasteiger partial charge in [-0.2, -0.15) is 0 Å². The summed E-state index contributed by atoms with van der Waals surface area (Å²) in [6.45, 7) is 1.59. The summed E-state index contributed by atoms with van der Waals surface area (Å²) in [5.41, 5.74) is 0.182. The van der Waals surface area contributed by atoms with Crippen LogP contribution in [0.5, 0.6) is 0 Å². The quantitative estimate of drug-likeness (QED) is 0.541. The van der Waals surface area contributed by atoms with Crippen molar-refractivity contribution >= 4 is 23.9 Å². The summed E-state index contributed by atoms with van der Waals surface area (Å²) in [5.74, 6) is -0.470. The molecule has 0 bridgehead atoms. The number of carbonyl (C=O) groups is 2. The Morgan fingerprint density at radius 1 is 1.53 bits per heavy atom. The van der Waals surface area contributed by atoms with E-state index < -0.39 is 11.6 Å². The lowest BCUT2D eigenvalue weighted by atomic mass is 9.91. The summed E-state index contributed by atoms with van der Waals surface area (Å²) in [6.07, 6.45) is 1.02. The van der Waals surface area contributed by atoms with Crippen LogP contribution in [0.1, 0.15) is 22.8 Å². The van der Waals surface area contributed by atoms with Crippen LogP contribution < -0.4 is 0 Å². The molecule has 1 aliphatic rings.